The zero-order chi connectivity index (χ0) is 13.1. The van der Waals surface area contributed by atoms with Crippen molar-refractivity contribution in [3.05, 3.63) is 40.3 Å². The molecule has 0 aliphatic heterocycles. The van der Waals surface area contributed by atoms with Gasteiger partial charge in [-0.3, -0.25) is 0 Å². The fourth-order valence-electron chi connectivity index (χ4n) is 1.89. The molecule has 96 valence electrons. The average Bonchev–Trinajstić information content (AvgIpc) is 2.79. The Kier molecular flexibility index (Phi) is 4.19. The van der Waals surface area contributed by atoms with Gasteiger partial charge in [0.2, 0.25) is 0 Å². The third-order valence-electron chi connectivity index (χ3n) is 3.27. The van der Waals surface area contributed by atoms with E-state index in [0.29, 0.717) is 12.5 Å². The normalized spacial score (nSPS) is 12.7. The molecular weight excluding hydrogens is 290 g/mol. The van der Waals surface area contributed by atoms with Crippen LogP contribution in [0.5, 0.6) is 0 Å². The lowest BCUT2D eigenvalue weighted by Crippen LogP contribution is -1.97. The molecule has 0 aliphatic carbocycles. The van der Waals surface area contributed by atoms with Crippen LogP contribution in [0.15, 0.2) is 28.9 Å². The van der Waals surface area contributed by atoms with Crippen LogP contribution in [0.1, 0.15) is 37.6 Å². The van der Waals surface area contributed by atoms with Crippen LogP contribution in [0.4, 0.5) is 0 Å². The van der Waals surface area contributed by atoms with Gasteiger partial charge in [0.15, 0.2) is 0 Å². The summed E-state index contributed by atoms with van der Waals surface area (Å²) in [6, 6.07) is 8.57. The van der Waals surface area contributed by atoms with Gasteiger partial charge in [0, 0.05) is 5.56 Å². The van der Waals surface area contributed by atoms with Crippen molar-refractivity contribution in [3.63, 3.8) is 0 Å². The highest BCUT2D eigenvalue weighted by atomic mass is 79.9. The molecule has 3 nitrogen and oxygen atoms in total. The molecule has 1 atom stereocenters. The number of nitrogens with two attached hydrogens (primary N) is 1. The molecule has 1 heterocycles. The van der Waals surface area contributed by atoms with Crippen LogP contribution >= 0.6 is 15.9 Å². The van der Waals surface area contributed by atoms with E-state index in [-0.39, 0.29) is 0 Å². The first-order chi connectivity index (χ1) is 8.65. The maximum atomic E-state index is 5.58. The molecule has 0 amide bonds. The summed E-state index contributed by atoms with van der Waals surface area (Å²) in [7, 11) is 0. The van der Waals surface area contributed by atoms with Crippen molar-refractivity contribution in [2.45, 2.75) is 32.7 Å². The Hall–Kier alpha value is -1.13. The quantitative estimate of drug-likeness (QED) is 0.902. The van der Waals surface area contributed by atoms with Crippen LogP contribution in [0.2, 0.25) is 0 Å². The lowest BCUT2D eigenvalue weighted by molar-refractivity contribution is 0.734. The summed E-state index contributed by atoms with van der Waals surface area (Å²) < 4.78 is 0.888. The second-order valence-electron chi connectivity index (χ2n) is 4.48. The fourth-order valence-corrected chi connectivity index (χ4v) is 2.44. The number of aromatic nitrogens is 2. The zero-order valence-electron chi connectivity index (χ0n) is 10.7. The van der Waals surface area contributed by atoms with Crippen molar-refractivity contribution in [1.29, 1.82) is 0 Å². The van der Waals surface area contributed by atoms with Crippen molar-refractivity contribution < 1.29 is 0 Å². The third-order valence-corrected chi connectivity index (χ3v) is 3.84. The minimum Gasteiger partial charge on any atom is -0.335 e. The van der Waals surface area contributed by atoms with Gasteiger partial charge in [-0.2, -0.15) is 0 Å². The van der Waals surface area contributed by atoms with E-state index in [1.807, 2.05) is 0 Å². The topological polar surface area (TPSA) is 54.7 Å². The van der Waals surface area contributed by atoms with Gasteiger partial charge in [-0.25, -0.2) is 4.98 Å². The minimum atomic E-state index is 0.420. The van der Waals surface area contributed by atoms with E-state index in [1.54, 1.807) is 0 Å². The fraction of sp³-hybridized carbons (Fsp3) is 0.357. The van der Waals surface area contributed by atoms with Gasteiger partial charge in [0.05, 0.1) is 6.54 Å². The maximum absolute atomic E-state index is 5.58. The Balaban J connectivity index is 2.31. The van der Waals surface area contributed by atoms with Crippen LogP contribution in [0, 0.1) is 0 Å². The van der Waals surface area contributed by atoms with E-state index in [2.05, 4.69) is 64.0 Å². The number of hydrogen-bond donors (Lipinski definition) is 2. The molecule has 0 aliphatic rings. The van der Waals surface area contributed by atoms with Gasteiger partial charge in [-0.05, 0) is 33.8 Å². The summed E-state index contributed by atoms with van der Waals surface area (Å²) in [5.74, 6) is 1.39. The molecule has 1 unspecified atom stereocenters. The molecule has 1 aromatic heterocycles. The Morgan fingerprint density at radius 2 is 2.00 bits per heavy atom. The highest BCUT2D eigenvalue weighted by molar-refractivity contribution is 9.10. The first-order valence-electron chi connectivity index (χ1n) is 6.20. The highest BCUT2D eigenvalue weighted by Gasteiger charge is 2.10. The van der Waals surface area contributed by atoms with Crippen LogP contribution in [0.25, 0.3) is 11.3 Å². The van der Waals surface area contributed by atoms with E-state index in [0.717, 1.165) is 28.1 Å². The summed E-state index contributed by atoms with van der Waals surface area (Å²) in [4.78, 5) is 7.59. The summed E-state index contributed by atoms with van der Waals surface area (Å²) in [5.41, 5.74) is 8.97. The molecule has 0 spiro atoms. The summed E-state index contributed by atoms with van der Waals surface area (Å²) in [6.07, 6.45) is 1.16. The van der Waals surface area contributed by atoms with Crippen molar-refractivity contribution in [3.8, 4) is 11.3 Å². The Morgan fingerprint density at radius 1 is 1.33 bits per heavy atom. The van der Waals surface area contributed by atoms with Crippen LogP contribution in [-0.2, 0) is 6.54 Å². The highest BCUT2D eigenvalue weighted by Crippen LogP contribution is 2.28. The van der Waals surface area contributed by atoms with Crippen molar-refractivity contribution >= 4 is 15.9 Å². The maximum Gasteiger partial charge on any atom is 0.121 e. The molecule has 2 rings (SSSR count). The second kappa shape index (κ2) is 5.67. The molecule has 0 fully saturated rings. The molecular formula is C14H18BrN3. The first kappa shape index (κ1) is 13.3. The molecule has 0 bridgehead atoms. The van der Waals surface area contributed by atoms with Gasteiger partial charge < -0.3 is 10.7 Å². The summed E-state index contributed by atoms with van der Waals surface area (Å²) in [6.45, 7) is 4.87. The minimum absolute atomic E-state index is 0.420. The molecule has 18 heavy (non-hydrogen) atoms. The number of H-pyrrole nitrogens is 1. The van der Waals surface area contributed by atoms with Crippen molar-refractivity contribution in [2.75, 3.05) is 0 Å². The molecule has 1 aromatic carbocycles. The van der Waals surface area contributed by atoms with Crippen molar-refractivity contribution in [2.24, 2.45) is 5.73 Å². The second-order valence-corrected chi connectivity index (χ2v) is 5.27. The molecule has 4 heteroatoms. The monoisotopic (exact) mass is 307 g/mol. The molecule has 0 saturated heterocycles. The molecule has 2 aromatic rings. The van der Waals surface area contributed by atoms with Gasteiger partial charge >= 0.3 is 0 Å². The van der Waals surface area contributed by atoms with E-state index in [4.69, 9.17) is 5.73 Å². The number of benzene rings is 1. The van der Waals surface area contributed by atoms with E-state index in [9.17, 15) is 0 Å². The lowest BCUT2D eigenvalue weighted by Gasteiger charge is -2.09. The van der Waals surface area contributed by atoms with E-state index in [1.165, 1.54) is 5.56 Å². The number of nitrogens with one attached hydrogen (secondary N) is 1. The van der Waals surface area contributed by atoms with Gasteiger partial charge in [-0.15, -0.1) is 0 Å². The van der Waals surface area contributed by atoms with Gasteiger partial charge in [0.1, 0.15) is 16.1 Å². The predicted molar refractivity (Wildman–Crippen MR) is 78.3 cm³/mol. The van der Waals surface area contributed by atoms with E-state index >= 15 is 0 Å². The molecule has 0 saturated carbocycles. The number of rotatable bonds is 4. The number of hydrogen-bond acceptors (Lipinski definition) is 2. The zero-order valence-corrected chi connectivity index (χ0v) is 12.3. The summed E-state index contributed by atoms with van der Waals surface area (Å²) in [5, 5.41) is 0. The summed E-state index contributed by atoms with van der Waals surface area (Å²) >= 11 is 3.48. The largest absolute Gasteiger partial charge is 0.335 e. The predicted octanol–water partition coefficient (Wildman–Crippen LogP) is 3.81. The first-order valence-corrected chi connectivity index (χ1v) is 6.99. The van der Waals surface area contributed by atoms with Crippen LogP contribution < -0.4 is 5.73 Å². The SMILES string of the molecule is CCC(C)c1ccc(-c2nc(CN)[nH]c2Br)cc1. The number of imidazole rings is 1. The van der Waals surface area contributed by atoms with Crippen molar-refractivity contribution in [1.82, 2.24) is 9.97 Å². The Labute approximate surface area is 116 Å². The lowest BCUT2D eigenvalue weighted by atomic mass is 9.97. The number of nitrogens with zero attached hydrogens (tertiary/aromatic N) is 1. The average molecular weight is 308 g/mol. The smallest absolute Gasteiger partial charge is 0.121 e. The number of aromatic amines is 1. The van der Waals surface area contributed by atoms with Crippen LogP contribution in [-0.4, -0.2) is 9.97 Å². The van der Waals surface area contributed by atoms with E-state index < -0.39 is 0 Å². The van der Waals surface area contributed by atoms with Gasteiger partial charge in [-0.1, -0.05) is 38.1 Å². The Morgan fingerprint density at radius 3 is 2.50 bits per heavy atom. The number of halogens is 1. The molecule has 3 N–H and O–H groups in total. The Bertz CT molecular complexity index is 516. The van der Waals surface area contributed by atoms with Crippen LogP contribution in [0.3, 0.4) is 0 Å². The van der Waals surface area contributed by atoms with Gasteiger partial charge in [0.25, 0.3) is 0 Å². The standard InChI is InChI=1S/C14H18BrN3/c1-3-9(2)10-4-6-11(7-5-10)13-14(15)18-12(8-16)17-13/h4-7,9H,3,8,16H2,1-2H3,(H,17,18). The molecule has 0 radical (unpaired) electrons. The third kappa shape index (κ3) is 2.65.